The van der Waals surface area contributed by atoms with E-state index in [4.69, 9.17) is 4.74 Å². The Balaban J connectivity index is 2.06. The van der Waals surface area contributed by atoms with E-state index in [0.717, 1.165) is 32.8 Å². The summed E-state index contributed by atoms with van der Waals surface area (Å²) in [6, 6.07) is 0.717. The number of ether oxygens (including phenoxy) is 1. The Kier molecular flexibility index (Phi) is 5.83. The maximum absolute atomic E-state index is 5.34. The molecule has 1 rings (SSSR count). The predicted octanol–water partition coefficient (Wildman–Crippen LogP) is 0.873. The van der Waals surface area contributed by atoms with Gasteiger partial charge in [-0.2, -0.15) is 0 Å². The fourth-order valence-electron chi connectivity index (χ4n) is 1.77. The molecule has 0 amide bonds. The maximum atomic E-state index is 5.34. The molecule has 1 N–H and O–H groups in total. The van der Waals surface area contributed by atoms with Crippen LogP contribution in [-0.2, 0) is 4.74 Å². The first-order chi connectivity index (χ1) is 6.84. The predicted molar refractivity (Wildman–Crippen MR) is 59.5 cm³/mol. The van der Waals surface area contributed by atoms with Gasteiger partial charge in [0.25, 0.3) is 0 Å². The van der Waals surface area contributed by atoms with Crippen molar-refractivity contribution in [2.75, 3.05) is 39.9 Å². The van der Waals surface area contributed by atoms with Crippen molar-refractivity contribution >= 4 is 0 Å². The van der Waals surface area contributed by atoms with Crippen LogP contribution in [0.2, 0.25) is 0 Å². The first kappa shape index (κ1) is 11.7. The molecule has 1 aliphatic rings. The number of nitrogens with one attached hydrogen (secondary N) is 1. The summed E-state index contributed by atoms with van der Waals surface area (Å²) < 4.78 is 5.34. The molecule has 0 aromatic heterocycles. The topological polar surface area (TPSA) is 24.5 Å². The molecule has 14 heavy (non-hydrogen) atoms. The number of rotatable bonds is 6. The summed E-state index contributed by atoms with van der Waals surface area (Å²) >= 11 is 0. The maximum Gasteiger partial charge on any atom is 0.0480 e. The van der Waals surface area contributed by atoms with Gasteiger partial charge in [-0.15, -0.1) is 6.58 Å². The Bertz CT molecular complexity index is 155. The van der Waals surface area contributed by atoms with Crippen molar-refractivity contribution in [2.45, 2.75) is 18.9 Å². The smallest absolute Gasteiger partial charge is 0.0480 e. The highest BCUT2D eigenvalue weighted by molar-refractivity contribution is 4.74. The largest absolute Gasteiger partial charge is 0.381 e. The van der Waals surface area contributed by atoms with Crippen LogP contribution in [0.3, 0.4) is 0 Å². The summed E-state index contributed by atoms with van der Waals surface area (Å²) in [5.74, 6) is 0. The van der Waals surface area contributed by atoms with E-state index < -0.39 is 0 Å². The van der Waals surface area contributed by atoms with Crippen molar-refractivity contribution in [3.63, 3.8) is 0 Å². The van der Waals surface area contributed by atoms with Crippen LogP contribution in [-0.4, -0.2) is 50.8 Å². The molecule has 1 heterocycles. The van der Waals surface area contributed by atoms with Crippen molar-refractivity contribution in [1.82, 2.24) is 10.2 Å². The highest BCUT2D eigenvalue weighted by Crippen LogP contribution is 2.11. The SMILES string of the molecule is C=CCNCCN(C)C1CCOCC1. The summed E-state index contributed by atoms with van der Waals surface area (Å²) in [6.07, 6.45) is 4.25. The molecule has 0 aromatic rings. The van der Waals surface area contributed by atoms with Crippen LogP contribution in [0.15, 0.2) is 12.7 Å². The third-order valence-electron chi connectivity index (χ3n) is 2.74. The summed E-state index contributed by atoms with van der Waals surface area (Å²) in [7, 11) is 2.20. The van der Waals surface area contributed by atoms with Gasteiger partial charge in [0.15, 0.2) is 0 Å². The summed E-state index contributed by atoms with van der Waals surface area (Å²) in [5, 5.41) is 3.31. The van der Waals surface area contributed by atoms with Gasteiger partial charge in [-0.05, 0) is 19.9 Å². The van der Waals surface area contributed by atoms with Gasteiger partial charge in [-0.25, -0.2) is 0 Å². The highest BCUT2D eigenvalue weighted by atomic mass is 16.5. The second-order valence-electron chi connectivity index (χ2n) is 3.82. The molecule has 0 radical (unpaired) electrons. The zero-order valence-electron chi connectivity index (χ0n) is 9.17. The highest BCUT2D eigenvalue weighted by Gasteiger charge is 2.17. The van der Waals surface area contributed by atoms with E-state index in [9.17, 15) is 0 Å². The van der Waals surface area contributed by atoms with Gasteiger partial charge < -0.3 is 15.0 Å². The lowest BCUT2D eigenvalue weighted by Gasteiger charge is -2.31. The Morgan fingerprint density at radius 1 is 1.50 bits per heavy atom. The van der Waals surface area contributed by atoms with Crippen LogP contribution in [0.1, 0.15) is 12.8 Å². The van der Waals surface area contributed by atoms with Gasteiger partial charge in [-0.1, -0.05) is 6.08 Å². The van der Waals surface area contributed by atoms with Crippen LogP contribution in [0.4, 0.5) is 0 Å². The number of hydrogen-bond donors (Lipinski definition) is 1. The van der Waals surface area contributed by atoms with Gasteiger partial charge in [0, 0.05) is 38.9 Å². The minimum absolute atomic E-state index is 0.717. The van der Waals surface area contributed by atoms with Crippen LogP contribution in [0.25, 0.3) is 0 Å². The molecule has 3 heteroatoms. The molecule has 0 unspecified atom stereocenters. The van der Waals surface area contributed by atoms with E-state index in [-0.39, 0.29) is 0 Å². The average molecular weight is 198 g/mol. The molecule has 0 bridgehead atoms. The minimum Gasteiger partial charge on any atom is -0.381 e. The van der Waals surface area contributed by atoms with Crippen molar-refractivity contribution in [3.05, 3.63) is 12.7 Å². The van der Waals surface area contributed by atoms with Crippen LogP contribution in [0, 0.1) is 0 Å². The summed E-state index contributed by atoms with van der Waals surface area (Å²) in [6.45, 7) is 8.58. The molecule has 0 spiro atoms. The second-order valence-corrected chi connectivity index (χ2v) is 3.82. The molecule has 0 aliphatic carbocycles. The van der Waals surface area contributed by atoms with E-state index >= 15 is 0 Å². The van der Waals surface area contributed by atoms with Crippen molar-refractivity contribution in [2.24, 2.45) is 0 Å². The molecular weight excluding hydrogens is 176 g/mol. The molecule has 1 aliphatic heterocycles. The Hall–Kier alpha value is -0.380. The molecule has 1 fully saturated rings. The van der Waals surface area contributed by atoms with E-state index in [2.05, 4.69) is 23.8 Å². The minimum atomic E-state index is 0.717. The zero-order chi connectivity index (χ0) is 10.2. The van der Waals surface area contributed by atoms with Crippen molar-refractivity contribution in [3.8, 4) is 0 Å². The lowest BCUT2D eigenvalue weighted by atomic mass is 10.1. The quantitative estimate of drug-likeness (QED) is 0.506. The van der Waals surface area contributed by atoms with Crippen molar-refractivity contribution in [1.29, 1.82) is 0 Å². The van der Waals surface area contributed by atoms with E-state index in [0.29, 0.717) is 6.04 Å². The molecule has 82 valence electrons. The van der Waals surface area contributed by atoms with Crippen molar-refractivity contribution < 1.29 is 4.74 Å². The monoisotopic (exact) mass is 198 g/mol. The lowest BCUT2D eigenvalue weighted by molar-refractivity contribution is 0.0435. The van der Waals surface area contributed by atoms with Gasteiger partial charge in [-0.3, -0.25) is 0 Å². The van der Waals surface area contributed by atoms with E-state index in [1.807, 2.05) is 6.08 Å². The first-order valence-electron chi connectivity index (χ1n) is 5.44. The molecule has 0 saturated carbocycles. The van der Waals surface area contributed by atoms with Gasteiger partial charge in [0.2, 0.25) is 0 Å². The van der Waals surface area contributed by atoms with Gasteiger partial charge in [0.05, 0.1) is 0 Å². The molecule has 0 atom stereocenters. The normalized spacial score (nSPS) is 18.7. The van der Waals surface area contributed by atoms with Gasteiger partial charge in [0.1, 0.15) is 0 Å². The Morgan fingerprint density at radius 2 is 2.21 bits per heavy atom. The fourth-order valence-corrected chi connectivity index (χ4v) is 1.77. The standard InChI is InChI=1S/C11H22N2O/c1-3-6-12-7-8-13(2)11-4-9-14-10-5-11/h3,11-12H,1,4-10H2,2H3. The number of hydrogen-bond acceptors (Lipinski definition) is 3. The van der Waals surface area contributed by atoms with Crippen LogP contribution >= 0.6 is 0 Å². The second kappa shape index (κ2) is 6.98. The first-order valence-corrected chi connectivity index (χ1v) is 5.44. The Labute approximate surface area is 87.1 Å². The lowest BCUT2D eigenvalue weighted by Crippen LogP contribution is -2.40. The number of likely N-dealkylation sites (N-methyl/N-ethyl adjacent to an activating group) is 1. The third-order valence-corrected chi connectivity index (χ3v) is 2.74. The zero-order valence-corrected chi connectivity index (χ0v) is 9.17. The van der Waals surface area contributed by atoms with Crippen LogP contribution < -0.4 is 5.32 Å². The Morgan fingerprint density at radius 3 is 2.86 bits per heavy atom. The molecular formula is C11H22N2O. The van der Waals surface area contributed by atoms with E-state index in [1.165, 1.54) is 12.8 Å². The molecule has 0 aromatic carbocycles. The summed E-state index contributed by atoms with van der Waals surface area (Å²) in [4.78, 5) is 2.43. The fraction of sp³-hybridized carbons (Fsp3) is 0.818. The number of nitrogens with zero attached hydrogens (tertiary/aromatic N) is 1. The van der Waals surface area contributed by atoms with E-state index in [1.54, 1.807) is 0 Å². The van der Waals surface area contributed by atoms with Crippen LogP contribution in [0.5, 0.6) is 0 Å². The third kappa shape index (κ3) is 4.22. The molecule has 3 nitrogen and oxygen atoms in total. The van der Waals surface area contributed by atoms with Gasteiger partial charge >= 0.3 is 0 Å². The average Bonchev–Trinajstić information content (AvgIpc) is 2.25. The molecule has 1 saturated heterocycles. The summed E-state index contributed by atoms with van der Waals surface area (Å²) in [5.41, 5.74) is 0.